The number of halogens is 2. The molecule has 2 nitrogen and oxygen atoms in total. The second-order valence-electron chi connectivity index (χ2n) is 4.04. The van der Waals surface area contributed by atoms with E-state index in [9.17, 15) is 8.78 Å². The Hall–Kier alpha value is -2.01. The molecule has 0 heterocycles. The molecule has 0 amide bonds. The van der Waals surface area contributed by atoms with Gasteiger partial charge in [-0.1, -0.05) is 23.8 Å². The molecule has 2 rings (SSSR count). The van der Waals surface area contributed by atoms with Gasteiger partial charge in [-0.15, -0.1) is 0 Å². The van der Waals surface area contributed by atoms with E-state index in [0.29, 0.717) is 11.3 Å². The molecule has 2 N–H and O–H groups in total. The van der Waals surface area contributed by atoms with E-state index in [-0.39, 0.29) is 10.7 Å². The smallest absolute Gasteiger partial charge is 0.162 e. The maximum absolute atomic E-state index is 13.1. The topological polar surface area (TPSA) is 35.2 Å². The monoisotopic (exact) mass is 279 g/mol. The Morgan fingerprint density at radius 3 is 2.47 bits per heavy atom. The second kappa shape index (κ2) is 5.32. The number of benzene rings is 2. The summed E-state index contributed by atoms with van der Waals surface area (Å²) in [6.07, 6.45) is 0. The maximum Gasteiger partial charge on any atom is 0.162 e. The van der Waals surface area contributed by atoms with Crippen LogP contribution >= 0.6 is 12.2 Å². The molecule has 0 radical (unpaired) electrons. The highest BCUT2D eigenvalue weighted by molar-refractivity contribution is 7.80. The van der Waals surface area contributed by atoms with E-state index in [4.69, 9.17) is 22.7 Å². The number of aryl methyl sites for hydroxylation is 1. The van der Waals surface area contributed by atoms with Crippen LogP contribution < -0.4 is 10.5 Å². The minimum atomic E-state index is -0.971. The van der Waals surface area contributed by atoms with Crippen molar-refractivity contribution in [2.24, 2.45) is 5.73 Å². The predicted molar refractivity (Wildman–Crippen MR) is 73.5 cm³/mol. The molecule has 0 saturated carbocycles. The number of rotatable bonds is 3. The summed E-state index contributed by atoms with van der Waals surface area (Å²) in [6, 6.07) is 8.58. The summed E-state index contributed by atoms with van der Waals surface area (Å²) in [5.41, 5.74) is 7.14. The van der Waals surface area contributed by atoms with E-state index < -0.39 is 11.6 Å². The third-order valence-electron chi connectivity index (χ3n) is 2.52. The summed E-state index contributed by atoms with van der Waals surface area (Å²) in [5, 5.41) is 0. The Kier molecular flexibility index (Phi) is 3.76. The lowest BCUT2D eigenvalue weighted by Crippen LogP contribution is -2.11. The van der Waals surface area contributed by atoms with E-state index >= 15 is 0 Å². The summed E-state index contributed by atoms with van der Waals surface area (Å²) >= 11 is 4.94. The van der Waals surface area contributed by atoms with Gasteiger partial charge in [0.05, 0.1) is 5.56 Å². The maximum atomic E-state index is 13.1. The zero-order valence-electron chi connectivity index (χ0n) is 10.1. The molecule has 0 saturated heterocycles. The fourth-order valence-corrected chi connectivity index (χ4v) is 1.75. The van der Waals surface area contributed by atoms with Crippen LogP contribution in [0, 0.1) is 18.6 Å². The van der Waals surface area contributed by atoms with Gasteiger partial charge in [-0.2, -0.15) is 0 Å². The zero-order chi connectivity index (χ0) is 14.0. The first-order valence-electron chi connectivity index (χ1n) is 5.51. The summed E-state index contributed by atoms with van der Waals surface area (Å²) in [6.45, 7) is 1.89. The van der Waals surface area contributed by atoms with E-state index in [1.54, 1.807) is 12.1 Å². The molecule has 2 aromatic carbocycles. The van der Waals surface area contributed by atoms with Gasteiger partial charge in [-0.05, 0) is 31.2 Å². The SMILES string of the molecule is Cc1ccc(Oc2ccc(F)c(F)c2)c(C(N)=S)c1. The summed E-state index contributed by atoms with van der Waals surface area (Å²) in [5.74, 6) is -1.31. The number of hydrogen-bond donors (Lipinski definition) is 1. The molecule has 0 aliphatic carbocycles. The lowest BCUT2D eigenvalue weighted by molar-refractivity contribution is 0.461. The average molecular weight is 279 g/mol. The Bertz CT molecular complexity index is 643. The van der Waals surface area contributed by atoms with Crippen molar-refractivity contribution in [1.29, 1.82) is 0 Å². The molecule has 98 valence electrons. The van der Waals surface area contributed by atoms with Crippen molar-refractivity contribution in [2.75, 3.05) is 0 Å². The Morgan fingerprint density at radius 1 is 1.11 bits per heavy atom. The van der Waals surface area contributed by atoms with Crippen molar-refractivity contribution in [3.8, 4) is 11.5 Å². The third-order valence-corrected chi connectivity index (χ3v) is 2.74. The highest BCUT2D eigenvalue weighted by Crippen LogP contribution is 2.27. The van der Waals surface area contributed by atoms with Crippen LogP contribution in [0.15, 0.2) is 36.4 Å². The van der Waals surface area contributed by atoms with E-state index in [2.05, 4.69) is 0 Å². The van der Waals surface area contributed by atoms with Crippen LogP contribution in [-0.4, -0.2) is 4.99 Å². The average Bonchev–Trinajstić information content (AvgIpc) is 2.36. The fourth-order valence-electron chi connectivity index (χ4n) is 1.59. The Labute approximate surface area is 114 Å². The molecule has 0 aromatic heterocycles. The third kappa shape index (κ3) is 3.06. The van der Waals surface area contributed by atoms with Gasteiger partial charge in [0.25, 0.3) is 0 Å². The van der Waals surface area contributed by atoms with E-state index in [0.717, 1.165) is 17.7 Å². The van der Waals surface area contributed by atoms with E-state index in [1.807, 2.05) is 13.0 Å². The molecule has 19 heavy (non-hydrogen) atoms. The van der Waals surface area contributed by atoms with Crippen LogP contribution in [0.4, 0.5) is 8.78 Å². The molecule has 0 atom stereocenters. The quantitative estimate of drug-likeness (QED) is 0.870. The molecule has 0 unspecified atom stereocenters. The molecule has 0 aliphatic heterocycles. The van der Waals surface area contributed by atoms with Crippen LogP contribution in [-0.2, 0) is 0 Å². The van der Waals surface area contributed by atoms with Crippen molar-refractivity contribution in [3.05, 3.63) is 59.2 Å². The molecular weight excluding hydrogens is 268 g/mol. The van der Waals surface area contributed by atoms with Gasteiger partial charge >= 0.3 is 0 Å². The van der Waals surface area contributed by atoms with Gasteiger partial charge in [-0.25, -0.2) is 8.78 Å². The van der Waals surface area contributed by atoms with Crippen LogP contribution in [0.3, 0.4) is 0 Å². The second-order valence-corrected chi connectivity index (χ2v) is 4.48. The first-order chi connectivity index (χ1) is 8.97. The van der Waals surface area contributed by atoms with Crippen molar-refractivity contribution in [3.63, 3.8) is 0 Å². The van der Waals surface area contributed by atoms with Crippen molar-refractivity contribution < 1.29 is 13.5 Å². The summed E-state index contributed by atoms with van der Waals surface area (Å²) in [4.78, 5) is 0.182. The Balaban J connectivity index is 2.37. The van der Waals surface area contributed by atoms with Crippen molar-refractivity contribution >= 4 is 17.2 Å². The van der Waals surface area contributed by atoms with Crippen molar-refractivity contribution in [2.45, 2.75) is 6.92 Å². The van der Waals surface area contributed by atoms with Gasteiger partial charge in [-0.3, -0.25) is 0 Å². The van der Waals surface area contributed by atoms with Crippen LogP contribution in [0.25, 0.3) is 0 Å². The van der Waals surface area contributed by atoms with Gasteiger partial charge in [0.15, 0.2) is 11.6 Å². The fraction of sp³-hybridized carbons (Fsp3) is 0.0714. The Morgan fingerprint density at radius 2 is 1.84 bits per heavy atom. The largest absolute Gasteiger partial charge is 0.457 e. The van der Waals surface area contributed by atoms with Gasteiger partial charge in [0, 0.05) is 6.07 Å². The van der Waals surface area contributed by atoms with Crippen LogP contribution in [0.5, 0.6) is 11.5 Å². The number of hydrogen-bond acceptors (Lipinski definition) is 2. The molecule has 0 bridgehead atoms. The number of thiocarbonyl (C=S) groups is 1. The first-order valence-corrected chi connectivity index (χ1v) is 5.91. The standard InChI is InChI=1S/C14H11F2NOS/c1-8-2-5-13(10(6-8)14(17)19)18-9-3-4-11(15)12(16)7-9/h2-7H,1H3,(H2,17,19). The highest BCUT2D eigenvalue weighted by Gasteiger charge is 2.09. The number of nitrogens with two attached hydrogens (primary N) is 1. The normalized spacial score (nSPS) is 10.3. The first kappa shape index (κ1) is 13.4. The minimum Gasteiger partial charge on any atom is -0.457 e. The lowest BCUT2D eigenvalue weighted by atomic mass is 10.1. The molecule has 0 spiro atoms. The molecule has 5 heteroatoms. The predicted octanol–water partition coefficient (Wildman–Crippen LogP) is 3.70. The molecule has 0 fully saturated rings. The summed E-state index contributed by atoms with van der Waals surface area (Å²) in [7, 11) is 0. The molecular formula is C14H11F2NOS. The van der Waals surface area contributed by atoms with Crippen LogP contribution in [0.2, 0.25) is 0 Å². The molecule has 2 aromatic rings. The summed E-state index contributed by atoms with van der Waals surface area (Å²) < 4.78 is 31.4. The van der Waals surface area contributed by atoms with Crippen LogP contribution in [0.1, 0.15) is 11.1 Å². The lowest BCUT2D eigenvalue weighted by Gasteiger charge is -2.11. The molecule has 0 aliphatic rings. The number of ether oxygens (including phenoxy) is 1. The van der Waals surface area contributed by atoms with E-state index in [1.165, 1.54) is 6.07 Å². The zero-order valence-corrected chi connectivity index (χ0v) is 10.9. The van der Waals surface area contributed by atoms with Crippen molar-refractivity contribution in [1.82, 2.24) is 0 Å². The van der Waals surface area contributed by atoms with Gasteiger partial charge in [0.2, 0.25) is 0 Å². The van der Waals surface area contributed by atoms with Gasteiger partial charge in [0.1, 0.15) is 16.5 Å². The minimum absolute atomic E-state index is 0.181. The highest BCUT2D eigenvalue weighted by atomic mass is 32.1. The van der Waals surface area contributed by atoms with Gasteiger partial charge < -0.3 is 10.5 Å².